The van der Waals surface area contributed by atoms with Gasteiger partial charge in [-0.2, -0.15) is 4.31 Å². The second-order valence-electron chi connectivity index (χ2n) is 7.70. The van der Waals surface area contributed by atoms with Gasteiger partial charge in [0.1, 0.15) is 5.82 Å². The first-order valence-corrected chi connectivity index (χ1v) is 12.2. The third kappa shape index (κ3) is 4.63. The molecule has 2 heterocycles. The van der Waals surface area contributed by atoms with Gasteiger partial charge in [-0.25, -0.2) is 13.4 Å². The fourth-order valence-corrected chi connectivity index (χ4v) is 5.57. The molecule has 0 N–H and O–H groups in total. The molecular formula is C22H27ClN4O3S. The van der Waals surface area contributed by atoms with Crippen LogP contribution in [0.3, 0.4) is 0 Å². The zero-order valence-corrected chi connectivity index (χ0v) is 19.4. The molecule has 1 aliphatic heterocycles. The van der Waals surface area contributed by atoms with E-state index >= 15 is 0 Å². The number of sulfonamides is 1. The maximum atomic E-state index is 13.0. The number of aromatic nitrogens is 2. The van der Waals surface area contributed by atoms with Gasteiger partial charge in [-0.15, -0.1) is 0 Å². The van der Waals surface area contributed by atoms with Crippen molar-refractivity contribution in [3.05, 3.63) is 58.9 Å². The van der Waals surface area contributed by atoms with Gasteiger partial charge in [-0.1, -0.05) is 29.8 Å². The summed E-state index contributed by atoms with van der Waals surface area (Å²) >= 11 is 6.30. The van der Waals surface area contributed by atoms with Gasteiger partial charge in [0.05, 0.1) is 35.7 Å². The van der Waals surface area contributed by atoms with Crippen molar-refractivity contribution in [2.75, 3.05) is 33.4 Å². The summed E-state index contributed by atoms with van der Waals surface area (Å²) in [5.74, 6) is 0.896. The SMILES string of the molecule is CCn1c(CN(C)Cc2ccccc2Cl)nc2cc(S(=O)(=O)N3CCOCC3)ccc21. The molecule has 1 aliphatic rings. The van der Waals surface area contributed by atoms with Crippen molar-refractivity contribution in [2.45, 2.75) is 31.5 Å². The first kappa shape index (κ1) is 22.2. The van der Waals surface area contributed by atoms with Crippen LogP contribution < -0.4 is 0 Å². The van der Waals surface area contributed by atoms with E-state index in [4.69, 9.17) is 21.3 Å². The number of aryl methyl sites for hydroxylation is 1. The number of hydrogen-bond donors (Lipinski definition) is 0. The third-order valence-electron chi connectivity index (χ3n) is 5.53. The molecule has 0 spiro atoms. The highest BCUT2D eigenvalue weighted by Crippen LogP contribution is 2.25. The van der Waals surface area contributed by atoms with Crippen LogP contribution in [0.1, 0.15) is 18.3 Å². The Morgan fingerprint density at radius 2 is 1.87 bits per heavy atom. The minimum absolute atomic E-state index is 0.277. The molecule has 166 valence electrons. The average Bonchev–Trinajstić information content (AvgIpc) is 3.12. The number of rotatable bonds is 7. The fraction of sp³-hybridized carbons (Fsp3) is 0.409. The maximum absolute atomic E-state index is 13.0. The lowest BCUT2D eigenvalue weighted by atomic mass is 10.2. The second kappa shape index (κ2) is 9.26. The second-order valence-corrected chi connectivity index (χ2v) is 10.0. The highest BCUT2D eigenvalue weighted by molar-refractivity contribution is 7.89. The van der Waals surface area contributed by atoms with Crippen LogP contribution in [0.2, 0.25) is 5.02 Å². The van der Waals surface area contributed by atoms with Crippen molar-refractivity contribution in [3.8, 4) is 0 Å². The van der Waals surface area contributed by atoms with E-state index in [-0.39, 0.29) is 4.90 Å². The van der Waals surface area contributed by atoms with E-state index in [9.17, 15) is 8.42 Å². The number of benzene rings is 2. The summed E-state index contributed by atoms with van der Waals surface area (Å²) < 4.78 is 34.9. The molecular weight excluding hydrogens is 436 g/mol. The number of morpholine rings is 1. The number of imidazole rings is 1. The molecule has 4 rings (SSSR count). The zero-order chi connectivity index (χ0) is 22.0. The number of hydrogen-bond acceptors (Lipinski definition) is 5. The van der Waals surface area contributed by atoms with Gasteiger partial charge < -0.3 is 9.30 Å². The molecule has 0 aliphatic carbocycles. The normalized spacial score (nSPS) is 15.7. The molecule has 0 radical (unpaired) electrons. The molecule has 31 heavy (non-hydrogen) atoms. The Hall–Kier alpha value is -1.97. The summed E-state index contributed by atoms with van der Waals surface area (Å²) in [5.41, 5.74) is 2.69. The highest BCUT2D eigenvalue weighted by atomic mass is 35.5. The smallest absolute Gasteiger partial charge is 0.243 e. The molecule has 1 fully saturated rings. The predicted molar refractivity (Wildman–Crippen MR) is 122 cm³/mol. The lowest BCUT2D eigenvalue weighted by Crippen LogP contribution is -2.40. The average molecular weight is 463 g/mol. The minimum atomic E-state index is -3.55. The van der Waals surface area contributed by atoms with Gasteiger partial charge in [0.25, 0.3) is 0 Å². The first-order chi connectivity index (χ1) is 14.9. The fourth-order valence-electron chi connectivity index (χ4n) is 3.94. The van der Waals surface area contributed by atoms with Crippen molar-refractivity contribution >= 4 is 32.7 Å². The van der Waals surface area contributed by atoms with Crippen molar-refractivity contribution in [1.82, 2.24) is 18.8 Å². The summed E-state index contributed by atoms with van der Waals surface area (Å²) in [6.45, 7) is 5.74. The van der Waals surface area contributed by atoms with E-state index in [2.05, 4.69) is 16.4 Å². The number of ether oxygens (including phenoxy) is 1. The van der Waals surface area contributed by atoms with Gasteiger partial charge in [-0.3, -0.25) is 4.90 Å². The predicted octanol–water partition coefficient (Wildman–Crippen LogP) is 3.36. The summed E-state index contributed by atoms with van der Waals surface area (Å²) in [6.07, 6.45) is 0. The van der Waals surface area contributed by atoms with Gasteiger partial charge in [-0.05, 0) is 43.8 Å². The van der Waals surface area contributed by atoms with Gasteiger partial charge in [0, 0.05) is 31.2 Å². The summed E-state index contributed by atoms with van der Waals surface area (Å²) in [7, 11) is -1.53. The maximum Gasteiger partial charge on any atom is 0.243 e. The molecule has 3 aromatic rings. The van der Waals surface area contributed by atoms with E-state index in [0.29, 0.717) is 44.9 Å². The van der Waals surface area contributed by atoms with Crippen LogP contribution in [0.5, 0.6) is 0 Å². The molecule has 7 nitrogen and oxygen atoms in total. The van der Waals surface area contributed by atoms with Crippen LogP contribution in [0.15, 0.2) is 47.4 Å². The lowest BCUT2D eigenvalue weighted by molar-refractivity contribution is 0.0730. The Kier molecular flexibility index (Phi) is 6.64. The van der Waals surface area contributed by atoms with Gasteiger partial charge in [0.15, 0.2) is 0 Å². The lowest BCUT2D eigenvalue weighted by Gasteiger charge is -2.26. The van der Waals surface area contributed by atoms with Gasteiger partial charge in [0.2, 0.25) is 10.0 Å². The van der Waals surface area contributed by atoms with Crippen LogP contribution in [0, 0.1) is 0 Å². The number of halogens is 1. The molecule has 0 saturated carbocycles. The molecule has 9 heteroatoms. The molecule has 0 atom stereocenters. The van der Waals surface area contributed by atoms with E-state index in [1.54, 1.807) is 12.1 Å². The van der Waals surface area contributed by atoms with Crippen LogP contribution in [0.25, 0.3) is 11.0 Å². The van der Waals surface area contributed by atoms with Crippen molar-refractivity contribution in [1.29, 1.82) is 0 Å². The quantitative estimate of drug-likeness (QED) is 0.538. The molecule has 1 aromatic heterocycles. The summed E-state index contributed by atoms with van der Waals surface area (Å²) in [5, 5.41) is 0.747. The third-order valence-corrected chi connectivity index (χ3v) is 7.80. The van der Waals surface area contributed by atoms with Crippen LogP contribution >= 0.6 is 11.6 Å². The van der Waals surface area contributed by atoms with Crippen LogP contribution in [-0.2, 0) is 34.4 Å². The van der Waals surface area contributed by atoms with Crippen LogP contribution in [-0.4, -0.2) is 60.5 Å². The monoisotopic (exact) mass is 462 g/mol. The zero-order valence-electron chi connectivity index (χ0n) is 17.8. The Morgan fingerprint density at radius 1 is 1.13 bits per heavy atom. The van der Waals surface area contributed by atoms with Crippen LogP contribution in [0.4, 0.5) is 0 Å². The molecule has 0 amide bonds. The first-order valence-electron chi connectivity index (χ1n) is 10.4. The molecule has 0 bridgehead atoms. The summed E-state index contributed by atoms with van der Waals surface area (Å²) in [6, 6.07) is 13.0. The minimum Gasteiger partial charge on any atom is -0.379 e. The van der Waals surface area contributed by atoms with E-state index in [1.807, 2.05) is 37.4 Å². The van der Waals surface area contributed by atoms with Crippen molar-refractivity contribution < 1.29 is 13.2 Å². The number of fused-ring (bicyclic) bond motifs is 1. The molecule has 0 unspecified atom stereocenters. The Morgan fingerprint density at radius 3 is 2.58 bits per heavy atom. The van der Waals surface area contributed by atoms with E-state index in [1.165, 1.54) is 4.31 Å². The van der Waals surface area contributed by atoms with Crippen molar-refractivity contribution in [2.24, 2.45) is 0 Å². The largest absolute Gasteiger partial charge is 0.379 e. The Bertz CT molecular complexity index is 1170. The van der Waals surface area contributed by atoms with E-state index in [0.717, 1.165) is 28.5 Å². The summed E-state index contributed by atoms with van der Waals surface area (Å²) in [4.78, 5) is 7.22. The molecule has 2 aromatic carbocycles. The number of nitrogens with zero attached hydrogens (tertiary/aromatic N) is 4. The highest BCUT2D eigenvalue weighted by Gasteiger charge is 2.27. The Labute approximate surface area is 188 Å². The standard InChI is InChI=1S/C22H27ClN4O3S/c1-3-27-21-9-8-18(31(28,29)26-10-12-30-13-11-26)14-20(21)24-22(27)16-25(2)15-17-6-4-5-7-19(17)23/h4-9,14H,3,10-13,15-16H2,1-2H3. The molecule has 1 saturated heterocycles. The Balaban J connectivity index is 1.60. The van der Waals surface area contributed by atoms with Gasteiger partial charge >= 0.3 is 0 Å². The topological polar surface area (TPSA) is 67.7 Å². The van der Waals surface area contributed by atoms with Crippen molar-refractivity contribution in [3.63, 3.8) is 0 Å². The van der Waals surface area contributed by atoms with E-state index < -0.39 is 10.0 Å².